The van der Waals surface area contributed by atoms with E-state index in [-0.39, 0.29) is 0 Å². The Bertz CT molecular complexity index is 249. The maximum atomic E-state index is 11.1. The molecule has 5 atom stereocenters. The molecule has 2 bridgehead atoms. The van der Waals surface area contributed by atoms with Crippen molar-refractivity contribution in [3.8, 4) is 0 Å². The van der Waals surface area contributed by atoms with Crippen molar-refractivity contribution in [2.75, 3.05) is 6.54 Å². The Morgan fingerprint density at radius 1 is 1.20 bits per heavy atom. The molecular weight excluding hydrogens is 192 g/mol. The number of rotatable bonds is 3. The molecular formula is C11H19N2O2-. The smallest absolute Gasteiger partial charge is 0.0156 e. The van der Waals surface area contributed by atoms with Gasteiger partial charge in [0.25, 0.3) is 0 Å². The summed E-state index contributed by atoms with van der Waals surface area (Å²) in [6.45, 7) is 0.473. The molecule has 4 heteroatoms. The van der Waals surface area contributed by atoms with Crippen LogP contribution in [0.3, 0.4) is 0 Å². The monoisotopic (exact) mass is 211 g/mol. The lowest BCUT2D eigenvalue weighted by Crippen LogP contribution is -2.33. The van der Waals surface area contributed by atoms with E-state index in [9.17, 15) is 5.21 Å². The van der Waals surface area contributed by atoms with Crippen LogP contribution in [-0.2, 0) is 4.94 Å². The van der Waals surface area contributed by atoms with Crippen molar-refractivity contribution in [2.24, 2.45) is 35.5 Å². The van der Waals surface area contributed by atoms with Crippen molar-refractivity contribution in [1.29, 1.82) is 0 Å². The molecule has 3 aliphatic rings. The van der Waals surface area contributed by atoms with E-state index in [4.69, 9.17) is 5.90 Å². The Morgan fingerprint density at radius 2 is 2.00 bits per heavy atom. The molecule has 4 nitrogen and oxygen atoms in total. The van der Waals surface area contributed by atoms with Gasteiger partial charge in [0.05, 0.1) is 0 Å². The van der Waals surface area contributed by atoms with Gasteiger partial charge in [-0.3, -0.25) is 0 Å². The zero-order valence-electron chi connectivity index (χ0n) is 8.97. The molecule has 0 spiro atoms. The summed E-state index contributed by atoms with van der Waals surface area (Å²) in [5.41, 5.74) is 0. The normalized spacial score (nSPS) is 47.8. The number of hydrogen-bond donors (Lipinski definition) is 1. The van der Waals surface area contributed by atoms with Crippen molar-refractivity contribution >= 4 is 0 Å². The van der Waals surface area contributed by atoms with Gasteiger partial charge < -0.3 is 5.21 Å². The van der Waals surface area contributed by atoms with Crippen LogP contribution in [0, 0.1) is 34.8 Å². The summed E-state index contributed by atoms with van der Waals surface area (Å²) < 4.78 is 0. The molecule has 0 amide bonds. The second-order valence-corrected chi connectivity index (χ2v) is 5.53. The largest absolute Gasteiger partial charge is 0.761 e. The molecule has 3 saturated carbocycles. The summed E-state index contributed by atoms with van der Waals surface area (Å²) in [5, 5.41) is 11.7. The number of hydroxylamine groups is 2. The molecule has 5 unspecified atom stereocenters. The van der Waals surface area contributed by atoms with E-state index in [1.165, 1.54) is 32.1 Å². The Morgan fingerprint density at radius 3 is 2.80 bits per heavy atom. The van der Waals surface area contributed by atoms with E-state index in [2.05, 4.69) is 4.94 Å². The molecule has 15 heavy (non-hydrogen) atoms. The van der Waals surface area contributed by atoms with Crippen LogP contribution in [0.15, 0.2) is 0 Å². The summed E-state index contributed by atoms with van der Waals surface area (Å²) in [6, 6.07) is 0. The Labute approximate surface area is 90.2 Å². The molecule has 0 aromatic carbocycles. The van der Waals surface area contributed by atoms with Crippen LogP contribution in [0.5, 0.6) is 0 Å². The maximum absolute atomic E-state index is 11.1. The van der Waals surface area contributed by atoms with Gasteiger partial charge in [0.15, 0.2) is 0 Å². The zero-order valence-corrected chi connectivity index (χ0v) is 8.97. The van der Waals surface area contributed by atoms with E-state index in [1.807, 2.05) is 0 Å². The second-order valence-electron chi connectivity index (χ2n) is 5.53. The topological polar surface area (TPSA) is 61.5 Å². The first-order valence-corrected chi connectivity index (χ1v) is 6.11. The fourth-order valence-corrected chi connectivity index (χ4v) is 4.65. The third-order valence-corrected chi connectivity index (χ3v) is 5.07. The van der Waals surface area contributed by atoms with Crippen LogP contribution < -0.4 is 5.90 Å². The quantitative estimate of drug-likeness (QED) is 0.721. The minimum absolute atomic E-state index is 0.473. The Hall–Kier alpha value is -0.160. The third kappa shape index (κ3) is 1.51. The van der Waals surface area contributed by atoms with Crippen molar-refractivity contribution < 1.29 is 4.94 Å². The van der Waals surface area contributed by atoms with Gasteiger partial charge in [0.1, 0.15) is 0 Å². The molecule has 0 saturated heterocycles. The molecule has 0 radical (unpaired) electrons. The fraction of sp³-hybridized carbons (Fsp3) is 1.00. The molecule has 86 valence electrons. The van der Waals surface area contributed by atoms with Crippen LogP contribution in [-0.4, -0.2) is 11.8 Å². The average Bonchev–Trinajstić information content (AvgIpc) is 2.87. The highest BCUT2D eigenvalue weighted by molar-refractivity contribution is 5.03. The highest BCUT2D eigenvalue weighted by Gasteiger charge is 2.53. The van der Waals surface area contributed by atoms with Gasteiger partial charge in [0.2, 0.25) is 0 Å². The van der Waals surface area contributed by atoms with Crippen LogP contribution in [0.4, 0.5) is 0 Å². The predicted octanol–water partition coefficient (Wildman–Crippen LogP) is 1.66. The van der Waals surface area contributed by atoms with Crippen molar-refractivity contribution in [3.63, 3.8) is 0 Å². The third-order valence-electron chi connectivity index (χ3n) is 5.07. The minimum atomic E-state index is 0.473. The number of nitrogens with two attached hydrogens (primary N) is 1. The molecule has 0 aromatic rings. The van der Waals surface area contributed by atoms with Crippen LogP contribution in [0.1, 0.15) is 32.1 Å². The number of hydrogen-bond acceptors (Lipinski definition) is 4. The van der Waals surface area contributed by atoms with Crippen LogP contribution in [0.2, 0.25) is 0 Å². The molecule has 0 aliphatic heterocycles. The molecule has 3 aliphatic carbocycles. The molecule has 0 heterocycles. The van der Waals surface area contributed by atoms with Gasteiger partial charge in [-0.1, -0.05) is 6.42 Å². The minimum Gasteiger partial charge on any atom is -0.761 e. The maximum Gasteiger partial charge on any atom is 0.0156 e. The van der Waals surface area contributed by atoms with Gasteiger partial charge >= 0.3 is 0 Å². The second kappa shape index (κ2) is 3.70. The van der Waals surface area contributed by atoms with Gasteiger partial charge in [-0.15, -0.1) is 0 Å². The van der Waals surface area contributed by atoms with Crippen LogP contribution in [0.25, 0.3) is 0 Å². The first-order chi connectivity index (χ1) is 7.29. The number of fused-ring (bicyclic) bond motifs is 5. The molecule has 2 N–H and O–H groups in total. The Balaban J connectivity index is 1.65. The van der Waals surface area contributed by atoms with E-state index in [1.54, 1.807) is 0 Å². The highest BCUT2D eigenvalue weighted by atomic mass is 16.9. The van der Waals surface area contributed by atoms with Gasteiger partial charge in [-0.2, -0.15) is 5.90 Å². The zero-order chi connectivity index (χ0) is 10.4. The van der Waals surface area contributed by atoms with Crippen molar-refractivity contribution in [3.05, 3.63) is 5.21 Å². The Kier molecular flexibility index (Phi) is 2.47. The SMILES string of the molecule is NON([O-])CC1CC2CC1C1CCCC21. The summed E-state index contributed by atoms with van der Waals surface area (Å²) in [7, 11) is 0. The first kappa shape index (κ1) is 10.0. The first-order valence-electron chi connectivity index (χ1n) is 6.11. The lowest BCUT2D eigenvalue weighted by Gasteiger charge is -2.35. The predicted molar refractivity (Wildman–Crippen MR) is 55.9 cm³/mol. The highest BCUT2D eigenvalue weighted by Crippen LogP contribution is 2.60. The van der Waals surface area contributed by atoms with E-state index in [0.717, 1.165) is 23.7 Å². The lowest BCUT2D eigenvalue weighted by atomic mass is 9.76. The lowest BCUT2D eigenvalue weighted by molar-refractivity contribution is -0.137. The van der Waals surface area contributed by atoms with Gasteiger partial charge in [0, 0.05) is 6.54 Å². The summed E-state index contributed by atoms with van der Waals surface area (Å²) in [4.78, 5) is 4.21. The van der Waals surface area contributed by atoms with E-state index >= 15 is 0 Å². The number of nitrogens with zero attached hydrogens (tertiary/aromatic N) is 1. The standard InChI is InChI=1S/C11H19N2O2/c12-15-13(14)6-8-4-7-5-11(8)10-3-1-2-9(7)10/h7-11H,1-6,12H2/q-1. The average molecular weight is 211 g/mol. The summed E-state index contributed by atoms with van der Waals surface area (Å²) >= 11 is 0. The van der Waals surface area contributed by atoms with Crippen molar-refractivity contribution in [1.82, 2.24) is 5.23 Å². The van der Waals surface area contributed by atoms with E-state index in [0.29, 0.717) is 17.7 Å². The molecule has 0 aromatic heterocycles. The molecule has 3 rings (SSSR count). The fourth-order valence-electron chi connectivity index (χ4n) is 4.65. The molecule has 3 fully saturated rings. The van der Waals surface area contributed by atoms with Crippen LogP contribution >= 0.6 is 0 Å². The van der Waals surface area contributed by atoms with E-state index < -0.39 is 0 Å². The van der Waals surface area contributed by atoms with Gasteiger partial charge in [-0.05, 0) is 55.3 Å². The van der Waals surface area contributed by atoms with Gasteiger partial charge in [-0.25, -0.2) is 10.2 Å². The summed E-state index contributed by atoms with van der Waals surface area (Å²) in [6.07, 6.45) is 6.83. The van der Waals surface area contributed by atoms with Crippen molar-refractivity contribution in [2.45, 2.75) is 32.1 Å². The summed E-state index contributed by atoms with van der Waals surface area (Å²) in [5.74, 6) is 9.00.